The molecule has 2 heterocycles. The quantitative estimate of drug-likeness (QED) is 0.882. The number of nitrogen functional groups attached to an aromatic ring is 1. The topological polar surface area (TPSA) is 63.8 Å². The molecule has 0 radical (unpaired) electrons. The molecular weight excluding hydrogens is 246 g/mol. The maximum Gasteiger partial charge on any atom is 0.255 e. The Hall–Kier alpha value is -1.76. The average molecular weight is 256 g/mol. The van der Waals surface area contributed by atoms with Crippen LogP contribution in [0, 0.1) is 0 Å². The van der Waals surface area contributed by atoms with Crippen LogP contribution in [0.5, 0.6) is 0 Å². The summed E-state index contributed by atoms with van der Waals surface area (Å²) in [6.45, 7) is -0.422. The molecule has 17 heavy (non-hydrogen) atoms. The Labute approximate surface area is 101 Å². The summed E-state index contributed by atoms with van der Waals surface area (Å²) in [5.41, 5.74) is 7.11. The van der Waals surface area contributed by atoms with E-state index in [2.05, 4.69) is 14.7 Å². The molecule has 2 rings (SSSR count). The number of halogens is 2. The Bertz CT molecular complexity index is 486. The van der Waals surface area contributed by atoms with Crippen LogP contribution in [0.2, 0.25) is 0 Å². The van der Waals surface area contributed by atoms with Crippen LogP contribution in [0.1, 0.15) is 0 Å². The smallest absolute Gasteiger partial charge is 0.255 e. The van der Waals surface area contributed by atoms with Crippen molar-refractivity contribution in [2.75, 3.05) is 17.6 Å². The highest BCUT2D eigenvalue weighted by atomic mass is 32.1. The first kappa shape index (κ1) is 11.7. The molecule has 2 aromatic rings. The summed E-state index contributed by atoms with van der Waals surface area (Å²) in [6.07, 6.45) is 0.833. The first-order chi connectivity index (χ1) is 8.18. The first-order valence-electron chi connectivity index (χ1n) is 4.86. The van der Waals surface area contributed by atoms with Crippen LogP contribution in [-0.4, -0.2) is 22.3 Å². The van der Waals surface area contributed by atoms with E-state index < -0.39 is 13.0 Å². The van der Waals surface area contributed by atoms with Crippen molar-refractivity contribution in [2.45, 2.75) is 6.43 Å². The number of rotatable bonds is 4. The Balaban J connectivity index is 2.30. The van der Waals surface area contributed by atoms with Crippen molar-refractivity contribution in [3.05, 3.63) is 24.5 Å². The van der Waals surface area contributed by atoms with Gasteiger partial charge in [-0.15, -0.1) is 0 Å². The summed E-state index contributed by atoms with van der Waals surface area (Å²) < 4.78 is 28.2. The van der Waals surface area contributed by atoms with E-state index in [4.69, 9.17) is 5.73 Å². The Kier molecular flexibility index (Phi) is 3.48. The van der Waals surface area contributed by atoms with Crippen molar-refractivity contribution in [3.8, 4) is 11.1 Å². The van der Waals surface area contributed by atoms with E-state index in [0.717, 1.165) is 17.1 Å². The van der Waals surface area contributed by atoms with Crippen LogP contribution in [0.15, 0.2) is 24.5 Å². The van der Waals surface area contributed by atoms with Crippen LogP contribution in [0.4, 0.5) is 19.6 Å². The average Bonchev–Trinajstić information content (AvgIpc) is 2.69. The van der Waals surface area contributed by atoms with E-state index in [1.54, 1.807) is 24.5 Å². The molecule has 0 saturated carbocycles. The van der Waals surface area contributed by atoms with Crippen LogP contribution < -0.4 is 11.1 Å². The van der Waals surface area contributed by atoms with Gasteiger partial charge in [-0.3, -0.25) is 4.98 Å². The van der Waals surface area contributed by atoms with Crippen molar-refractivity contribution in [3.63, 3.8) is 0 Å². The molecule has 0 aromatic carbocycles. The fourth-order valence-electron chi connectivity index (χ4n) is 1.38. The van der Waals surface area contributed by atoms with Gasteiger partial charge in [0, 0.05) is 18.0 Å². The van der Waals surface area contributed by atoms with Crippen molar-refractivity contribution in [1.82, 2.24) is 9.36 Å². The molecule has 3 N–H and O–H groups in total. The zero-order valence-corrected chi connectivity index (χ0v) is 9.55. The molecule has 0 saturated heterocycles. The van der Waals surface area contributed by atoms with Crippen LogP contribution in [0.3, 0.4) is 0 Å². The molecule has 0 unspecified atom stereocenters. The van der Waals surface area contributed by atoms with Crippen LogP contribution >= 0.6 is 11.5 Å². The van der Waals surface area contributed by atoms with Crippen molar-refractivity contribution in [1.29, 1.82) is 0 Å². The van der Waals surface area contributed by atoms with Crippen LogP contribution in [-0.2, 0) is 0 Å². The minimum Gasteiger partial charge on any atom is -0.382 e. The number of nitrogens with two attached hydrogens (primary N) is 1. The summed E-state index contributed by atoms with van der Waals surface area (Å²) in [7, 11) is 0. The van der Waals surface area contributed by atoms with E-state index in [0.29, 0.717) is 16.4 Å². The van der Waals surface area contributed by atoms with Gasteiger partial charge >= 0.3 is 0 Å². The molecule has 0 fully saturated rings. The summed E-state index contributed by atoms with van der Waals surface area (Å²) in [6, 6.07) is 3.56. The summed E-state index contributed by atoms with van der Waals surface area (Å²) in [4.78, 5) is 3.96. The van der Waals surface area contributed by atoms with Crippen molar-refractivity contribution in [2.24, 2.45) is 0 Å². The van der Waals surface area contributed by atoms with Gasteiger partial charge in [0.05, 0.1) is 12.1 Å². The van der Waals surface area contributed by atoms with E-state index in [-0.39, 0.29) is 0 Å². The zero-order valence-electron chi connectivity index (χ0n) is 8.73. The number of nitrogens with one attached hydrogen (secondary N) is 1. The summed E-state index contributed by atoms with van der Waals surface area (Å²) in [5.74, 6) is 0.319. The predicted octanol–water partition coefficient (Wildman–Crippen LogP) is 2.46. The molecule has 0 bridgehead atoms. The highest BCUT2D eigenvalue weighted by molar-refractivity contribution is 7.11. The minimum atomic E-state index is -2.42. The standard InChI is InChI=1S/C10H10F2N4S/c11-7(12)5-15-10-8(9(13)16-17-10)6-2-1-3-14-4-6/h1-4,7,15H,5H2,(H2,13,16). The largest absolute Gasteiger partial charge is 0.382 e. The minimum absolute atomic E-state index is 0.319. The molecule has 0 aliphatic carbocycles. The van der Waals surface area contributed by atoms with Crippen molar-refractivity contribution < 1.29 is 8.78 Å². The normalized spacial score (nSPS) is 10.8. The second-order valence-electron chi connectivity index (χ2n) is 3.29. The van der Waals surface area contributed by atoms with Gasteiger partial charge in [0.15, 0.2) is 0 Å². The number of alkyl halides is 2. The third kappa shape index (κ3) is 2.68. The number of pyridine rings is 1. The van der Waals surface area contributed by atoms with Gasteiger partial charge < -0.3 is 11.1 Å². The number of hydrogen-bond donors (Lipinski definition) is 2. The lowest BCUT2D eigenvalue weighted by Crippen LogP contribution is -2.09. The number of hydrogen-bond acceptors (Lipinski definition) is 5. The zero-order chi connectivity index (χ0) is 12.3. The Morgan fingerprint density at radius 3 is 2.94 bits per heavy atom. The van der Waals surface area contributed by atoms with Gasteiger partial charge in [-0.05, 0) is 17.6 Å². The summed E-state index contributed by atoms with van der Waals surface area (Å²) in [5, 5.41) is 3.17. The molecule has 0 aliphatic rings. The molecule has 2 aromatic heterocycles. The molecule has 7 heteroatoms. The highest BCUT2D eigenvalue weighted by Gasteiger charge is 2.14. The third-order valence-electron chi connectivity index (χ3n) is 2.09. The summed E-state index contributed by atoms with van der Waals surface area (Å²) >= 11 is 1.07. The van der Waals surface area contributed by atoms with E-state index in [1.807, 2.05) is 0 Å². The van der Waals surface area contributed by atoms with Gasteiger partial charge in [-0.25, -0.2) is 8.78 Å². The Morgan fingerprint density at radius 1 is 1.47 bits per heavy atom. The fraction of sp³-hybridized carbons (Fsp3) is 0.200. The SMILES string of the molecule is Nc1nsc(NCC(F)F)c1-c1cccnc1. The second-order valence-corrected chi connectivity index (χ2v) is 4.06. The Morgan fingerprint density at radius 2 is 2.29 bits per heavy atom. The maximum atomic E-state index is 12.1. The van der Waals surface area contributed by atoms with Crippen LogP contribution in [0.25, 0.3) is 11.1 Å². The molecule has 0 atom stereocenters. The van der Waals surface area contributed by atoms with Gasteiger partial charge in [-0.1, -0.05) is 6.07 Å². The van der Waals surface area contributed by atoms with E-state index in [9.17, 15) is 8.78 Å². The molecule has 0 amide bonds. The fourth-order valence-corrected chi connectivity index (χ4v) is 2.13. The first-order valence-corrected chi connectivity index (χ1v) is 5.63. The highest BCUT2D eigenvalue weighted by Crippen LogP contribution is 2.36. The van der Waals surface area contributed by atoms with Gasteiger partial charge in [0.1, 0.15) is 10.8 Å². The van der Waals surface area contributed by atoms with E-state index >= 15 is 0 Å². The van der Waals surface area contributed by atoms with Crippen molar-refractivity contribution >= 4 is 22.4 Å². The lowest BCUT2D eigenvalue weighted by molar-refractivity contribution is 0.163. The predicted molar refractivity (Wildman–Crippen MR) is 64.3 cm³/mol. The molecular formula is C10H10F2N4S. The van der Waals surface area contributed by atoms with Gasteiger partial charge in [0.2, 0.25) is 0 Å². The maximum absolute atomic E-state index is 12.1. The molecule has 90 valence electrons. The van der Waals surface area contributed by atoms with E-state index in [1.165, 1.54) is 0 Å². The number of anilines is 2. The molecule has 0 spiro atoms. The van der Waals surface area contributed by atoms with Gasteiger partial charge in [0.25, 0.3) is 6.43 Å². The monoisotopic (exact) mass is 256 g/mol. The third-order valence-corrected chi connectivity index (χ3v) is 2.90. The number of aromatic nitrogens is 2. The lowest BCUT2D eigenvalue weighted by Gasteiger charge is -2.06. The lowest BCUT2D eigenvalue weighted by atomic mass is 10.1. The molecule has 0 aliphatic heterocycles. The van der Waals surface area contributed by atoms with Gasteiger partial charge in [-0.2, -0.15) is 4.37 Å². The second kappa shape index (κ2) is 5.05. The number of nitrogens with zero attached hydrogens (tertiary/aromatic N) is 2. The molecule has 4 nitrogen and oxygen atoms in total.